The van der Waals surface area contributed by atoms with Gasteiger partial charge in [-0.05, 0) is 32.6 Å². The van der Waals surface area contributed by atoms with Crippen molar-refractivity contribution in [1.29, 1.82) is 0 Å². The number of hydrogen-bond donors (Lipinski definition) is 0. The zero-order valence-corrected chi connectivity index (χ0v) is 15.4. The molecule has 0 aliphatic carbocycles. The molecule has 0 aromatic carbocycles. The highest BCUT2D eigenvalue weighted by atomic mass is 16.7. The molecule has 0 aliphatic heterocycles. The van der Waals surface area contributed by atoms with Gasteiger partial charge in [0.25, 0.3) is 0 Å². The van der Waals surface area contributed by atoms with Gasteiger partial charge in [0, 0.05) is 19.1 Å². The fourth-order valence-electron chi connectivity index (χ4n) is 2.89. The summed E-state index contributed by atoms with van der Waals surface area (Å²) in [6, 6.07) is 0. The van der Waals surface area contributed by atoms with Crippen LogP contribution in [-0.4, -0.2) is 19.0 Å². The first kappa shape index (κ1) is 20.9. The van der Waals surface area contributed by atoms with Gasteiger partial charge in [-0.3, -0.25) is 0 Å². The Labute approximate surface area is 134 Å². The summed E-state index contributed by atoms with van der Waals surface area (Å²) >= 11 is 0. The molecule has 0 amide bonds. The van der Waals surface area contributed by atoms with Crippen LogP contribution in [0, 0.1) is 5.92 Å². The van der Waals surface area contributed by atoms with Gasteiger partial charge in [0.1, 0.15) is 0 Å². The first-order valence-corrected chi connectivity index (χ1v) is 9.42. The molecule has 128 valence electrons. The second kappa shape index (κ2) is 13.6. The van der Waals surface area contributed by atoms with Crippen molar-refractivity contribution in [3.8, 4) is 0 Å². The number of ether oxygens (including phenoxy) is 2. The molecule has 0 rings (SSSR count). The molecular formula is C19H40O2. The van der Waals surface area contributed by atoms with E-state index in [9.17, 15) is 0 Å². The largest absolute Gasteiger partial charge is 0.350 e. The lowest BCUT2D eigenvalue weighted by atomic mass is 9.90. The minimum atomic E-state index is -0.385. The molecule has 0 saturated heterocycles. The fraction of sp³-hybridized carbons (Fsp3) is 1.00. The summed E-state index contributed by atoms with van der Waals surface area (Å²) in [6.07, 6.45) is 12.6. The monoisotopic (exact) mass is 300 g/mol. The van der Waals surface area contributed by atoms with Crippen LogP contribution in [0.5, 0.6) is 0 Å². The van der Waals surface area contributed by atoms with Gasteiger partial charge < -0.3 is 9.47 Å². The summed E-state index contributed by atoms with van der Waals surface area (Å²) in [5, 5.41) is 0. The molecule has 1 atom stereocenters. The molecule has 1 unspecified atom stereocenters. The van der Waals surface area contributed by atoms with Crippen molar-refractivity contribution in [3.05, 3.63) is 0 Å². The second-order valence-electron chi connectivity index (χ2n) is 6.37. The molecule has 2 heteroatoms. The van der Waals surface area contributed by atoms with Crippen molar-refractivity contribution in [1.82, 2.24) is 0 Å². The lowest BCUT2D eigenvalue weighted by molar-refractivity contribution is -0.258. The second-order valence-corrected chi connectivity index (χ2v) is 6.37. The highest BCUT2D eigenvalue weighted by Crippen LogP contribution is 2.31. The average molecular weight is 301 g/mol. The molecule has 0 bridgehead atoms. The Bertz CT molecular complexity index is 208. The first-order chi connectivity index (χ1) is 10.1. The maximum atomic E-state index is 6.11. The maximum Gasteiger partial charge on any atom is 0.168 e. The van der Waals surface area contributed by atoms with Crippen LogP contribution in [0.2, 0.25) is 0 Å². The Kier molecular flexibility index (Phi) is 13.5. The van der Waals surface area contributed by atoms with Crippen molar-refractivity contribution >= 4 is 0 Å². The van der Waals surface area contributed by atoms with E-state index < -0.39 is 0 Å². The summed E-state index contributed by atoms with van der Waals surface area (Å²) in [6.45, 7) is 12.6. The van der Waals surface area contributed by atoms with Gasteiger partial charge in [-0.25, -0.2) is 0 Å². The van der Waals surface area contributed by atoms with Crippen LogP contribution in [0.3, 0.4) is 0 Å². The number of unbranched alkanes of at least 4 members (excludes halogenated alkanes) is 5. The van der Waals surface area contributed by atoms with E-state index in [0.29, 0.717) is 5.92 Å². The van der Waals surface area contributed by atoms with Gasteiger partial charge in [-0.2, -0.15) is 0 Å². The Morgan fingerprint density at radius 1 is 0.714 bits per heavy atom. The summed E-state index contributed by atoms with van der Waals surface area (Å²) in [5.41, 5.74) is 0. The van der Waals surface area contributed by atoms with Gasteiger partial charge in [0.15, 0.2) is 5.79 Å². The highest BCUT2D eigenvalue weighted by molar-refractivity contribution is 4.75. The van der Waals surface area contributed by atoms with E-state index in [1.54, 1.807) is 0 Å². The standard InChI is InChI=1S/C19H40O2/c1-6-10-11-12-13-14-15-18(9-4)19(5,20-16-7-2)21-17-8-3/h18H,6-17H2,1-5H3. The molecule has 0 fully saturated rings. The van der Waals surface area contributed by atoms with E-state index in [1.807, 2.05) is 0 Å². The van der Waals surface area contributed by atoms with Crippen LogP contribution in [0.1, 0.15) is 98.8 Å². The van der Waals surface area contributed by atoms with Crippen LogP contribution < -0.4 is 0 Å². The summed E-state index contributed by atoms with van der Waals surface area (Å²) in [4.78, 5) is 0. The minimum absolute atomic E-state index is 0.385. The topological polar surface area (TPSA) is 18.5 Å². The third kappa shape index (κ3) is 9.52. The van der Waals surface area contributed by atoms with Crippen molar-refractivity contribution in [2.75, 3.05) is 13.2 Å². The molecule has 0 aromatic rings. The Hall–Kier alpha value is -0.0800. The molecule has 2 nitrogen and oxygen atoms in total. The lowest BCUT2D eigenvalue weighted by Gasteiger charge is -2.37. The first-order valence-electron chi connectivity index (χ1n) is 9.42. The molecule has 0 aromatic heterocycles. The molecule has 0 aliphatic rings. The van der Waals surface area contributed by atoms with E-state index in [-0.39, 0.29) is 5.79 Å². The molecule has 0 N–H and O–H groups in total. The Morgan fingerprint density at radius 2 is 1.24 bits per heavy atom. The van der Waals surface area contributed by atoms with Crippen LogP contribution in [-0.2, 0) is 9.47 Å². The van der Waals surface area contributed by atoms with Crippen LogP contribution in [0.25, 0.3) is 0 Å². The van der Waals surface area contributed by atoms with Crippen molar-refractivity contribution in [2.45, 2.75) is 105 Å². The lowest BCUT2D eigenvalue weighted by Crippen LogP contribution is -2.41. The number of hydrogen-bond acceptors (Lipinski definition) is 2. The van der Waals surface area contributed by atoms with Gasteiger partial charge >= 0.3 is 0 Å². The molecular weight excluding hydrogens is 260 g/mol. The quantitative estimate of drug-likeness (QED) is 0.260. The van der Waals surface area contributed by atoms with E-state index in [1.165, 1.54) is 44.9 Å². The summed E-state index contributed by atoms with van der Waals surface area (Å²) < 4.78 is 12.2. The SMILES string of the molecule is CCCCCCCCC(CC)C(C)(OCCC)OCCC. The van der Waals surface area contributed by atoms with Gasteiger partial charge in [-0.15, -0.1) is 0 Å². The van der Waals surface area contributed by atoms with Crippen LogP contribution in [0.4, 0.5) is 0 Å². The maximum absolute atomic E-state index is 6.11. The average Bonchev–Trinajstić information content (AvgIpc) is 2.50. The van der Waals surface area contributed by atoms with Crippen molar-refractivity contribution in [3.63, 3.8) is 0 Å². The Morgan fingerprint density at radius 3 is 1.71 bits per heavy atom. The number of rotatable bonds is 15. The minimum Gasteiger partial charge on any atom is -0.350 e. The highest BCUT2D eigenvalue weighted by Gasteiger charge is 2.34. The fourth-order valence-corrected chi connectivity index (χ4v) is 2.89. The van der Waals surface area contributed by atoms with E-state index in [4.69, 9.17) is 9.47 Å². The van der Waals surface area contributed by atoms with E-state index in [0.717, 1.165) is 32.5 Å². The summed E-state index contributed by atoms with van der Waals surface area (Å²) in [7, 11) is 0. The molecule has 0 spiro atoms. The zero-order chi connectivity index (χ0) is 16.0. The van der Waals surface area contributed by atoms with E-state index >= 15 is 0 Å². The predicted octanol–water partition coefficient (Wildman–Crippen LogP) is 6.33. The molecule has 21 heavy (non-hydrogen) atoms. The molecule has 0 heterocycles. The van der Waals surface area contributed by atoms with Crippen LogP contribution in [0.15, 0.2) is 0 Å². The third-order valence-electron chi connectivity index (χ3n) is 4.33. The molecule has 0 saturated carbocycles. The van der Waals surface area contributed by atoms with Crippen LogP contribution >= 0.6 is 0 Å². The summed E-state index contributed by atoms with van der Waals surface area (Å²) in [5.74, 6) is 0.131. The van der Waals surface area contributed by atoms with E-state index in [2.05, 4.69) is 34.6 Å². The normalized spacial score (nSPS) is 13.6. The third-order valence-corrected chi connectivity index (χ3v) is 4.33. The van der Waals surface area contributed by atoms with Gasteiger partial charge in [-0.1, -0.05) is 66.2 Å². The van der Waals surface area contributed by atoms with Gasteiger partial charge in [0.2, 0.25) is 0 Å². The Balaban J connectivity index is 4.24. The smallest absolute Gasteiger partial charge is 0.168 e. The zero-order valence-electron chi connectivity index (χ0n) is 15.4. The van der Waals surface area contributed by atoms with Crippen molar-refractivity contribution in [2.24, 2.45) is 5.92 Å². The predicted molar refractivity (Wildman–Crippen MR) is 92.7 cm³/mol. The van der Waals surface area contributed by atoms with Gasteiger partial charge in [0.05, 0.1) is 0 Å². The molecule has 0 radical (unpaired) electrons. The van der Waals surface area contributed by atoms with Crippen molar-refractivity contribution < 1.29 is 9.47 Å².